The van der Waals surface area contributed by atoms with Gasteiger partial charge in [-0.2, -0.15) is 0 Å². The Hall–Kier alpha value is 0.210. The summed E-state index contributed by atoms with van der Waals surface area (Å²) >= 11 is 12.8. The zero-order chi connectivity index (χ0) is 10.6. The van der Waals surface area contributed by atoms with E-state index in [1.165, 1.54) is 11.1 Å². The number of allylic oxidation sites excluding steroid dienone is 1. The fourth-order valence-electron chi connectivity index (χ4n) is 1.07. The van der Waals surface area contributed by atoms with Crippen LogP contribution in [-0.4, -0.2) is 5.33 Å². The van der Waals surface area contributed by atoms with E-state index in [0.717, 1.165) is 21.2 Å². The second-order valence-electron chi connectivity index (χ2n) is 2.96. The molecule has 0 aliphatic rings. The number of halogens is 3. The molecule has 1 aromatic carbocycles. The average Bonchev–Trinajstić information content (AvgIpc) is 2.17. The molecular formula is C11H11Br2Cl. The predicted octanol–water partition coefficient (Wildman–Crippen LogP) is 5.29. The van der Waals surface area contributed by atoms with Gasteiger partial charge in [0.25, 0.3) is 0 Å². The van der Waals surface area contributed by atoms with Gasteiger partial charge in [-0.25, -0.2) is 0 Å². The van der Waals surface area contributed by atoms with Crippen LogP contribution in [0.4, 0.5) is 0 Å². The van der Waals surface area contributed by atoms with E-state index in [4.69, 9.17) is 11.6 Å². The molecule has 0 amide bonds. The molecule has 0 spiro atoms. The highest BCUT2D eigenvalue weighted by molar-refractivity contribution is 9.10. The van der Waals surface area contributed by atoms with Crippen molar-refractivity contribution in [1.82, 2.24) is 0 Å². The van der Waals surface area contributed by atoms with Crippen molar-refractivity contribution in [2.75, 3.05) is 5.33 Å². The largest absolute Gasteiger partial charge is 0.0880 e. The maximum atomic E-state index is 5.86. The quantitative estimate of drug-likeness (QED) is 0.657. The zero-order valence-corrected chi connectivity index (χ0v) is 11.8. The van der Waals surface area contributed by atoms with E-state index in [1.807, 2.05) is 18.2 Å². The predicted molar refractivity (Wildman–Crippen MR) is 71.2 cm³/mol. The SMILES string of the molecule is CC/C(=C/c1ccc(Cl)cc1Br)CBr. The fraction of sp³-hybridized carbons (Fsp3) is 0.273. The molecule has 0 bridgehead atoms. The molecule has 0 saturated carbocycles. The molecule has 0 N–H and O–H groups in total. The molecule has 14 heavy (non-hydrogen) atoms. The van der Waals surface area contributed by atoms with Crippen LogP contribution in [0.1, 0.15) is 18.9 Å². The molecule has 0 unspecified atom stereocenters. The molecule has 0 saturated heterocycles. The monoisotopic (exact) mass is 336 g/mol. The molecule has 0 aliphatic carbocycles. The molecule has 0 nitrogen and oxygen atoms in total. The van der Waals surface area contributed by atoms with Gasteiger partial charge in [-0.3, -0.25) is 0 Å². The minimum Gasteiger partial charge on any atom is -0.0880 e. The topological polar surface area (TPSA) is 0 Å². The number of hydrogen-bond acceptors (Lipinski definition) is 0. The Morgan fingerprint density at radius 3 is 2.71 bits per heavy atom. The molecule has 1 aromatic rings. The van der Waals surface area contributed by atoms with Crippen molar-refractivity contribution in [2.24, 2.45) is 0 Å². The van der Waals surface area contributed by atoms with Crippen LogP contribution >= 0.6 is 43.5 Å². The minimum atomic E-state index is 0.755. The number of hydrogen-bond donors (Lipinski definition) is 0. The third-order valence-electron chi connectivity index (χ3n) is 1.95. The summed E-state index contributed by atoms with van der Waals surface area (Å²) in [6.07, 6.45) is 3.23. The summed E-state index contributed by atoms with van der Waals surface area (Å²) in [6.45, 7) is 2.15. The van der Waals surface area contributed by atoms with Gasteiger partial charge in [0.15, 0.2) is 0 Å². The van der Waals surface area contributed by atoms with Crippen LogP contribution in [0.5, 0.6) is 0 Å². The van der Waals surface area contributed by atoms with E-state index in [-0.39, 0.29) is 0 Å². The first-order chi connectivity index (χ1) is 6.67. The Balaban J connectivity index is 3.02. The van der Waals surface area contributed by atoms with Gasteiger partial charge in [0.1, 0.15) is 0 Å². The van der Waals surface area contributed by atoms with Crippen LogP contribution in [0, 0.1) is 0 Å². The van der Waals surface area contributed by atoms with Gasteiger partial charge in [-0.15, -0.1) is 0 Å². The van der Waals surface area contributed by atoms with Crippen molar-refractivity contribution in [3.05, 3.63) is 38.8 Å². The van der Waals surface area contributed by atoms with Crippen molar-refractivity contribution in [3.63, 3.8) is 0 Å². The highest BCUT2D eigenvalue weighted by atomic mass is 79.9. The average molecular weight is 338 g/mol. The highest BCUT2D eigenvalue weighted by Gasteiger charge is 1.99. The Kier molecular flexibility index (Phi) is 5.21. The Morgan fingerprint density at radius 1 is 1.50 bits per heavy atom. The summed E-state index contributed by atoms with van der Waals surface area (Å²) in [7, 11) is 0. The lowest BCUT2D eigenvalue weighted by Gasteiger charge is -2.02. The molecule has 3 heteroatoms. The Morgan fingerprint density at radius 2 is 2.21 bits per heavy atom. The molecule has 0 fully saturated rings. The van der Waals surface area contributed by atoms with Crippen LogP contribution in [0.25, 0.3) is 6.08 Å². The van der Waals surface area contributed by atoms with Crippen LogP contribution < -0.4 is 0 Å². The number of benzene rings is 1. The van der Waals surface area contributed by atoms with E-state index < -0.39 is 0 Å². The first kappa shape index (κ1) is 12.3. The van der Waals surface area contributed by atoms with E-state index in [2.05, 4.69) is 44.9 Å². The molecule has 1 rings (SSSR count). The summed E-state index contributed by atoms with van der Waals surface area (Å²) in [4.78, 5) is 0. The molecular weight excluding hydrogens is 327 g/mol. The van der Waals surface area contributed by atoms with Gasteiger partial charge in [0.2, 0.25) is 0 Å². The van der Waals surface area contributed by atoms with Gasteiger partial charge in [-0.05, 0) is 24.1 Å². The van der Waals surface area contributed by atoms with Crippen molar-refractivity contribution in [1.29, 1.82) is 0 Å². The van der Waals surface area contributed by atoms with Gasteiger partial charge >= 0.3 is 0 Å². The summed E-state index contributed by atoms with van der Waals surface area (Å²) in [6, 6.07) is 5.83. The smallest absolute Gasteiger partial charge is 0.0417 e. The molecule has 0 atom stereocenters. The van der Waals surface area contributed by atoms with Crippen molar-refractivity contribution in [3.8, 4) is 0 Å². The third-order valence-corrected chi connectivity index (χ3v) is 3.59. The third kappa shape index (κ3) is 3.41. The lowest BCUT2D eigenvalue weighted by atomic mass is 10.1. The van der Waals surface area contributed by atoms with E-state index in [9.17, 15) is 0 Å². The van der Waals surface area contributed by atoms with E-state index >= 15 is 0 Å². The number of rotatable bonds is 3. The maximum Gasteiger partial charge on any atom is 0.0417 e. The minimum absolute atomic E-state index is 0.755. The van der Waals surface area contributed by atoms with Crippen molar-refractivity contribution in [2.45, 2.75) is 13.3 Å². The lowest BCUT2D eigenvalue weighted by molar-refractivity contribution is 1.12. The second kappa shape index (κ2) is 5.94. The van der Waals surface area contributed by atoms with E-state index in [1.54, 1.807) is 0 Å². The summed E-state index contributed by atoms with van der Waals surface area (Å²) in [5.74, 6) is 0. The highest BCUT2D eigenvalue weighted by Crippen LogP contribution is 2.24. The summed E-state index contributed by atoms with van der Waals surface area (Å²) < 4.78 is 1.04. The van der Waals surface area contributed by atoms with Gasteiger partial charge in [0.05, 0.1) is 0 Å². The Bertz CT molecular complexity index is 339. The van der Waals surface area contributed by atoms with Crippen LogP contribution in [0.2, 0.25) is 5.02 Å². The number of alkyl halides is 1. The first-order valence-electron chi connectivity index (χ1n) is 4.37. The standard InChI is InChI=1S/C11H11Br2Cl/c1-2-8(7-12)5-9-3-4-10(14)6-11(9)13/h3-6H,2,7H2,1H3/b8-5-. The molecule has 0 radical (unpaired) electrons. The second-order valence-corrected chi connectivity index (χ2v) is 4.81. The van der Waals surface area contributed by atoms with Gasteiger partial charge in [0, 0.05) is 14.8 Å². The van der Waals surface area contributed by atoms with Gasteiger partial charge in [-0.1, -0.05) is 68.1 Å². The summed E-state index contributed by atoms with van der Waals surface area (Å²) in [5, 5.41) is 1.67. The zero-order valence-electron chi connectivity index (χ0n) is 7.86. The fourth-order valence-corrected chi connectivity index (χ4v) is 2.43. The van der Waals surface area contributed by atoms with Gasteiger partial charge < -0.3 is 0 Å². The lowest BCUT2D eigenvalue weighted by Crippen LogP contribution is -1.83. The van der Waals surface area contributed by atoms with Crippen molar-refractivity contribution < 1.29 is 0 Å². The van der Waals surface area contributed by atoms with Crippen LogP contribution in [0.15, 0.2) is 28.2 Å². The molecule has 0 aromatic heterocycles. The van der Waals surface area contributed by atoms with Crippen LogP contribution in [0.3, 0.4) is 0 Å². The normalized spacial score (nSPS) is 11.9. The molecule has 0 aliphatic heterocycles. The molecule has 0 heterocycles. The van der Waals surface area contributed by atoms with E-state index in [0.29, 0.717) is 0 Å². The van der Waals surface area contributed by atoms with Crippen LogP contribution in [-0.2, 0) is 0 Å². The Labute approximate surface area is 107 Å². The van der Waals surface area contributed by atoms with Crippen molar-refractivity contribution >= 4 is 49.5 Å². The molecule has 76 valence electrons. The summed E-state index contributed by atoms with van der Waals surface area (Å²) in [5.41, 5.74) is 2.54. The first-order valence-corrected chi connectivity index (χ1v) is 6.67. The maximum absolute atomic E-state index is 5.86.